The summed E-state index contributed by atoms with van der Waals surface area (Å²) in [7, 11) is 1.56. The third-order valence-corrected chi connectivity index (χ3v) is 3.51. The lowest BCUT2D eigenvalue weighted by atomic mass is 10.2. The van der Waals surface area contributed by atoms with Gasteiger partial charge in [-0.15, -0.1) is 0 Å². The minimum atomic E-state index is -0.291. The summed E-state index contributed by atoms with van der Waals surface area (Å²) in [5.41, 5.74) is 3.72. The molecule has 0 bridgehead atoms. The van der Waals surface area contributed by atoms with Crippen LogP contribution in [0.25, 0.3) is 0 Å². The smallest absolute Gasteiger partial charge is 0.251 e. The van der Waals surface area contributed by atoms with Crippen LogP contribution in [-0.4, -0.2) is 31.7 Å². The maximum Gasteiger partial charge on any atom is 0.251 e. The highest BCUT2D eigenvalue weighted by Crippen LogP contribution is 2.11. The van der Waals surface area contributed by atoms with Crippen molar-refractivity contribution >= 4 is 29.6 Å². The van der Waals surface area contributed by atoms with Crippen molar-refractivity contribution in [2.75, 3.05) is 13.7 Å². The molecule has 2 rings (SSSR count). The number of nitrogens with one attached hydrogen (secondary N) is 2. The van der Waals surface area contributed by atoms with Gasteiger partial charge in [0, 0.05) is 23.6 Å². The quantitative estimate of drug-likeness (QED) is 0.589. The molecule has 130 valence electrons. The lowest BCUT2D eigenvalue weighted by molar-refractivity contribution is -0.120. The van der Waals surface area contributed by atoms with Crippen LogP contribution in [0.5, 0.6) is 5.75 Å². The van der Waals surface area contributed by atoms with Crippen LogP contribution in [0.4, 0.5) is 0 Å². The number of hydrogen-bond acceptors (Lipinski definition) is 4. The summed E-state index contributed by atoms with van der Waals surface area (Å²) in [6, 6.07) is 13.8. The molecule has 0 heterocycles. The highest BCUT2D eigenvalue weighted by Gasteiger charge is 2.06. The zero-order valence-corrected chi connectivity index (χ0v) is 14.4. The van der Waals surface area contributed by atoms with Gasteiger partial charge in [-0.3, -0.25) is 9.59 Å². The summed E-state index contributed by atoms with van der Waals surface area (Å²) in [5.74, 6) is 0.134. The number of carbonyl (C=O) groups is 2. The molecule has 0 unspecified atom stereocenters. The molecule has 2 aromatic carbocycles. The number of halogens is 1. The average Bonchev–Trinajstić information content (AvgIpc) is 2.63. The van der Waals surface area contributed by atoms with E-state index in [2.05, 4.69) is 15.8 Å². The van der Waals surface area contributed by atoms with Gasteiger partial charge >= 0.3 is 0 Å². The van der Waals surface area contributed by atoms with Crippen LogP contribution < -0.4 is 15.5 Å². The molecule has 0 radical (unpaired) electrons. The number of carbonyl (C=O) groups excluding carboxylic acids is 2. The number of hydrogen-bond donors (Lipinski definition) is 2. The first-order chi connectivity index (χ1) is 12.1. The van der Waals surface area contributed by atoms with Crippen molar-refractivity contribution in [2.24, 2.45) is 5.10 Å². The second-order valence-corrected chi connectivity index (χ2v) is 5.52. The molecular weight excluding hydrogens is 342 g/mol. The molecule has 0 aliphatic carbocycles. The van der Waals surface area contributed by atoms with Crippen molar-refractivity contribution in [3.8, 4) is 5.75 Å². The molecule has 0 spiro atoms. The van der Waals surface area contributed by atoms with E-state index in [1.54, 1.807) is 55.6 Å². The molecule has 0 aliphatic rings. The molecular formula is C18H18ClN3O3. The van der Waals surface area contributed by atoms with Crippen molar-refractivity contribution in [3.05, 3.63) is 64.7 Å². The van der Waals surface area contributed by atoms with E-state index in [0.717, 1.165) is 5.56 Å². The van der Waals surface area contributed by atoms with Crippen LogP contribution >= 0.6 is 11.6 Å². The average molecular weight is 360 g/mol. The Hall–Kier alpha value is -2.86. The van der Waals surface area contributed by atoms with E-state index in [-0.39, 0.29) is 24.8 Å². The summed E-state index contributed by atoms with van der Waals surface area (Å²) < 4.78 is 5.03. The normalized spacial score (nSPS) is 10.5. The first kappa shape index (κ1) is 18.5. The van der Waals surface area contributed by atoms with Crippen LogP contribution in [0, 0.1) is 0 Å². The summed E-state index contributed by atoms with van der Waals surface area (Å²) in [6.45, 7) is 0.215. The van der Waals surface area contributed by atoms with Crippen molar-refractivity contribution in [1.29, 1.82) is 0 Å². The minimum absolute atomic E-state index is 0.125. The number of nitrogens with zero attached hydrogens (tertiary/aromatic N) is 1. The largest absolute Gasteiger partial charge is 0.497 e. The zero-order chi connectivity index (χ0) is 18.1. The van der Waals surface area contributed by atoms with E-state index >= 15 is 0 Å². The SMILES string of the molecule is COc1ccc(C(=O)NCCC(=O)NN=Cc2ccc(Cl)cc2)cc1. The predicted octanol–water partition coefficient (Wildman–Crippen LogP) is 2.62. The Balaban J connectivity index is 1.70. The molecule has 2 amide bonds. The van der Waals surface area contributed by atoms with Gasteiger partial charge < -0.3 is 10.1 Å². The molecule has 0 saturated heterocycles. The highest BCUT2D eigenvalue weighted by molar-refractivity contribution is 6.30. The van der Waals surface area contributed by atoms with Crippen LogP contribution in [0.2, 0.25) is 5.02 Å². The minimum Gasteiger partial charge on any atom is -0.497 e. The van der Waals surface area contributed by atoms with E-state index in [1.165, 1.54) is 6.21 Å². The fourth-order valence-electron chi connectivity index (χ4n) is 1.92. The second kappa shape index (κ2) is 9.44. The first-order valence-electron chi connectivity index (χ1n) is 7.58. The van der Waals surface area contributed by atoms with Crippen molar-refractivity contribution in [2.45, 2.75) is 6.42 Å². The maximum atomic E-state index is 11.9. The Labute approximate surface area is 150 Å². The van der Waals surface area contributed by atoms with Gasteiger partial charge in [-0.1, -0.05) is 23.7 Å². The molecule has 6 nitrogen and oxygen atoms in total. The zero-order valence-electron chi connectivity index (χ0n) is 13.7. The molecule has 0 fully saturated rings. The molecule has 0 aromatic heterocycles. The van der Waals surface area contributed by atoms with E-state index < -0.39 is 0 Å². The molecule has 0 aliphatic heterocycles. The van der Waals surface area contributed by atoms with E-state index in [9.17, 15) is 9.59 Å². The molecule has 2 N–H and O–H groups in total. The monoisotopic (exact) mass is 359 g/mol. The Morgan fingerprint density at radius 1 is 1.12 bits per heavy atom. The topological polar surface area (TPSA) is 79.8 Å². The third kappa shape index (κ3) is 6.27. The third-order valence-electron chi connectivity index (χ3n) is 3.26. The van der Waals surface area contributed by atoms with Gasteiger partial charge in [0.15, 0.2) is 0 Å². The van der Waals surface area contributed by atoms with Crippen LogP contribution in [-0.2, 0) is 4.79 Å². The molecule has 0 saturated carbocycles. The lowest BCUT2D eigenvalue weighted by Crippen LogP contribution is -2.29. The molecule has 0 atom stereocenters. The second-order valence-electron chi connectivity index (χ2n) is 5.08. The number of benzene rings is 2. The molecule has 25 heavy (non-hydrogen) atoms. The van der Waals surface area contributed by atoms with Crippen molar-refractivity contribution < 1.29 is 14.3 Å². The first-order valence-corrected chi connectivity index (χ1v) is 7.96. The van der Waals surface area contributed by atoms with Gasteiger partial charge in [0.05, 0.1) is 13.3 Å². The standard InChI is InChI=1S/C18H18ClN3O3/c1-25-16-8-4-14(5-9-16)18(24)20-11-10-17(23)22-21-12-13-2-6-15(19)7-3-13/h2-9,12H,10-11H2,1H3,(H,20,24)(H,22,23). The Morgan fingerprint density at radius 2 is 1.80 bits per heavy atom. The van der Waals surface area contributed by atoms with Crippen LogP contribution in [0.15, 0.2) is 53.6 Å². The fourth-order valence-corrected chi connectivity index (χ4v) is 2.04. The van der Waals surface area contributed by atoms with Gasteiger partial charge in [0.1, 0.15) is 5.75 Å². The summed E-state index contributed by atoms with van der Waals surface area (Å²) >= 11 is 5.78. The van der Waals surface area contributed by atoms with E-state index in [4.69, 9.17) is 16.3 Å². The Bertz CT molecular complexity index is 743. The lowest BCUT2D eigenvalue weighted by Gasteiger charge is -2.05. The summed E-state index contributed by atoms with van der Waals surface area (Å²) in [6.07, 6.45) is 1.64. The van der Waals surface area contributed by atoms with E-state index in [0.29, 0.717) is 16.3 Å². The fraction of sp³-hybridized carbons (Fsp3) is 0.167. The maximum absolute atomic E-state index is 11.9. The predicted molar refractivity (Wildman–Crippen MR) is 97.1 cm³/mol. The van der Waals surface area contributed by atoms with Gasteiger partial charge in [-0.25, -0.2) is 5.43 Å². The summed E-state index contributed by atoms with van der Waals surface area (Å²) in [5, 5.41) is 7.16. The van der Waals surface area contributed by atoms with Crippen LogP contribution in [0.1, 0.15) is 22.3 Å². The van der Waals surface area contributed by atoms with Crippen LogP contribution in [0.3, 0.4) is 0 Å². The Kier molecular flexibility index (Phi) is 6.98. The highest BCUT2D eigenvalue weighted by atomic mass is 35.5. The number of ether oxygens (including phenoxy) is 1. The van der Waals surface area contributed by atoms with Gasteiger partial charge in [0.25, 0.3) is 5.91 Å². The van der Waals surface area contributed by atoms with Gasteiger partial charge in [-0.05, 0) is 42.0 Å². The number of rotatable bonds is 7. The molecule has 2 aromatic rings. The van der Waals surface area contributed by atoms with E-state index in [1.807, 2.05) is 0 Å². The Morgan fingerprint density at radius 3 is 2.44 bits per heavy atom. The van der Waals surface area contributed by atoms with Crippen molar-refractivity contribution in [3.63, 3.8) is 0 Å². The number of methoxy groups -OCH3 is 1. The number of hydrazone groups is 1. The van der Waals surface area contributed by atoms with Gasteiger partial charge in [-0.2, -0.15) is 5.10 Å². The van der Waals surface area contributed by atoms with Gasteiger partial charge in [0.2, 0.25) is 5.91 Å². The number of amides is 2. The molecule has 7 heteroatoms. The summed E-state index contributed by atoms with van der Waals surface area (Å²) in [4.78, 5) is 23.6. The van der Waals surface area contributed by atoms with Crippen molar-refractivity contribution in [1.82, 2.24) is 10.7 Å².